The summed E-state index contributed by atoms with van der Waals surface area (Å²) in [5.74, 6) is -3.77. The van der Waals surface area contributed by atoms with Crippen molar-refractivity contribution in [2.45, 2.75) is 66.7 Å². The van der Waals surface area contributed by atoms with Crippen LogP contribution in [-0.2, 0) is 4.79 Å². The first-order valence-corrected chi connectivity index (χ1v) is 7.28. The molecule has 2 saturated carbocycles. The fourth-order valence-corrected chi connectivity index (χ4v) is 4.91. The van der Waals surface area contributed by atoms with E-state index in [0.29, 0.717) is 0 Å². The number of carbonyl (C=O) groups excluding carboxylic acids is 1. The molecule has 0 heterocycles. The minimum atomic E-state index is -3.17. The minimum absolute atomic E-state index is 0.0650. The summed E-state index contributed by atoms with van der Waals surface area (Å²) in [6.07, 6.45) is 1.61. The van der Waals surface area contributed by atoms with Gasteiger partial charge >= 0.3 is 5.92 Å². The molecule has 110 valence electrons. The van der Waals surface area contributed by atoms with Gasteiger partial charge in [-0.15, -0.1) is 0 Å². The molecule has 0 saturated heterocycles. The van der Waals surface area contributed by atoms with Crippen LogP contribution in [0, 0.1) is 28.1 Å². The molecule has 0 aromatic carbocycles. The van der Waals surface area contributed by atoms with E-state index in [-0.39, 0.29) is 23.7 Å². The van der Waals surface area contributed by atoms with Crippen LogP contribution in [0.3, 0.4) is 0 Å². The molecule has 0 amide bonds. The second-order valence-electron chi connectivity index (χ2n) is 8.24. The van der Waals surface area contributed by atoms with E-state index < -0.39 is 22.5 Å². The van der Waals surface area contributed by atoms with E-state index in [1.807, 2.05) is 6.92 Å². The fraction of sp³-hybridized carbons (Fsp3) is 0.938. The number of rotatable bonds is 0. The van der Waals surface area contributed by atoms with Crippen molar-refractivity contribution in [1.29, 1.82) is 0 Å². The summed E-state index contributed by atoms with van der Waals surface area (Å²) >= 11 is 0. The normalized spacial score (nSPS) is 43.7. The first-order chi connectivity index (χ1) is 8.36. The second-order valence-corrected chi connectivity index (χ2v) is 8.24. The predicted octanol–water partition coefficient (Wildman–Crippen LogP) is 4.70. The van der Waals surface area contributed by atoms with Crippen molar-refractivity contribution in [2.75, 3.05) is 0 Å². The molecule has 3 unspecified atom stereocenters. The Bertz CT molecular complexity index is 411. The highest BCUT2D eigenvalue weighted by molar-refractivity contribution is 5.92. The van der Waals surface area contributed by atoms with Crippen LogP contribution in [-0.4, -0.2) is 11.7 Å². The Hall–Kier alpha value is -0.470. The maximum atomic E-state index is 14.2. The zero-order valence-electron chi connectivity index (χ0n) is 12.9. The Kier molecular flexibility index (Phi) is 2.98. The molecule has 0 N–H and O–H groups in total. The number of Topliss-reactive ketones (excluding diaryl/α,β-unsaturated/α-hetero) is 1. The standard InChI is InChI=1S/C16H26F2O/c1-10-13(2,3)8-7-11-14(4,5)12(19)16(17,18)9-15(10,11)6/h10-11H,7-9H2,1-6H3. The third-order valence-corrected chi connectivity index (χ3v) is 6.43. The van der Waals surface area contributed by atoms with Crippen LogP contribution in [0.1, 0.15) is 60.8 Å². The van der Waals surface area contributed by atoms with Crippen LogP contribution in [0.4, 0.5) is 8.78 Å². The van der Waals surface area contributed by atoms with Gasteiger partial charge in [0.05, 0.1) is 0 Å². The number of halogens is 2. The fourth-order valence-electron chi connectivity index (χ4n) is 4.91. The van der Waals surface area contributed by atoms with Gasteiger partial charge in [0, 0.05) is 11.8 Å². The number of hydrogen-bond acceptors (Lipinski definition) is 1. The Morgan fingerprint density at radius 3 is 2.16 bits per heavy atom. The summed E-state index contributed by atoms with van der Waals surface area (Å²) in [6.45, 7) is 11.8. The SMILES string of the molecule is CC1C(C)(C)CCC2C(C)(C)C(=O)C(F)(F)CC12C. The van der Waals surface area contributed by atoms with Gasteiger partial charge in [0.1, 0.15) is 0 Å². The quantitative estimate of drug-likeness (QED) is 0.624. The summed E-state index contributed by atoms with van der Waals surface area (Å²) < 4.78 is 28.4. The number of carbonyl (C=O) groups is 1. The van der Waals surface area contributed by atoms with Crippen LogP contribution in [0.2, 0.25) is 0 Å². The van der Waals surface area contributed by atoms with E-state index in [1.54, 1.807) is 13.8 Å². The molecule has 2 aliphatic carbocycles. The van der Waals surface area contributed by atoms with Gasteiger partial charge < -0.3 is 0 Å². The number of hydrogen-bond donors (Lipinski definition) is 0. The van der Waals surface area contributed by atoms with Gasteiger partial charge in [-0.05, 0) is 35.5 Å². The summed E-state index contributed by atoms with van der Waals surface area (Å²) in [4.78, 5) is 12.1. The maximum absolute atomic E-state index is 14.2. The van der Waals surface area contributed by atoms with E-state index >= 15 is 0 Å². The highest BCUT2D eigenvalue weighted by Gasteiger charge is 2.66. The van der Waals surface area contributed by atoms with Crippen molar-refractivity contribution >= 4 is 5.78 Å². The predicted molar refractivity (Wildman–Crippen MR) is 72.1 cm³/mol. The molecule has 1 nitrogen and oxygen atoms in total. The smallest absolute Gasteiger partial charge is 0.292 e. The Labute approximate surface area is 115 Å². The van der Waals surface area contributed by atoms with Gasteiger partial charge in [0.15, 0.2) is 0 Å². The van der Waals surface area contributed by atoms with Crippen molar-refractivity contribution in [3.63, 3.8) is 0 Å². The van der Waals surface area contributed by atoms with Crippen LogP contribution in [0.15, 0.2) is 0 Å². The van der Waals surface area contributed by atoms with Crippen LogP contribution in [0.5, 0.6) is 0 Å². The molecule has 0 radical (unpaired) electrons. The largest absolute Gasteiger partial charge is 0.306 e. The molecule has 2 aliphatic rings. The molecule has 2 rings (SSSR count). The van der Waals surface area contributed by atoms with Crippen molar-refractivity contribution in [3.8, 4) is 0 Å². The maximum Gasteiger partial charge on any atom is 0.306 e. The minimum Gasteiger partial charge on any atom is -0.292 e. The van der Waals surface area contributed by atoms with E-state index in [0.717, 1.165) is 12.8 Å². The van der Waals surface area contributed by atoms with Gasteiger partial charge in [0.2, 0.25) is 5.78 Å². The molecular weight excluding hydrogens is 246 g/mol. The lowest BCUT2D eigenvalue weighted by atomic mass is 9.43. The third-order valence-electron chi connectivity index (χ3n) is 6.43. The average molecular weight is 272 g/mol. The van der Waals surface area contributed by atoms with Gasteiger partial charge in [-0.25, -0.2) is 0 Å². The topological polar surface area (TPSA) is 17.1 Å². The van der Waals surface area contributed by atoms with Gasteiger partial charge in [-0.3, -0.25) is 4.79 Å². The second kappa shape index (κ2) is 3.79. The number of ketones is 1. The van der Waals surface area contributed by atoms with Crippen molar-refractivity contribution in [2.24, 2.45) is 28.1 Å². The molecule has 0 aliphatic heterocycles. The summed E-state index contributed by atoms with van der Waals surface area (Å²) in [7, 11) is 0. The molecule has 19 heavy (non-hydrogen) atoms. The van der Waals surface area contributed by atoms with E-state index in [1.165, 1.54) is 0 Å². The molecule has 0 spiro atoms. The van der Waals surface area contributed by atoms with Crippen LogP contribution >= 0.6 is 0 Å². The third kappa shape index (κ3) is 1.87. The van der Waals surface area contributed by atoms with Gasteiger partial charge in [0.25, 0.3) is 0 Å². The molecule has 0 aromatic heterocycles. The summed E-state index contributed by atoms with van der Waals surface area (Å²) in [5, 5.41) is 0. The molecule has 2 fully saturated rings. The lowest BCUT2D eigenvalue weighted by molar-refractivity contribution is -0.202. The van der Waals surface area contributed by atoms with Crippen LogP contribution in [0.25, 0.3) is 0 Å². The molecule has 0 bridgehead atoms. The first-order valence-electron chi connectivity index (χ1n) is 7.28. The Morgan fingerprint density at radius 1 is 1.11 bits per heavy atom. The highest BCUT2D eigenvalue weighted by atomic mass is 19.3. The lowest BCUT2D eigenvalue weighted by Gasteiger charge is -2.61. The van der Waals surface area contributed by atoms with Crippen LogP contribution < -0.4 is 0 Å². The summed E-state index contributed by atoms with van der Waals surface area (Å²) in [6, 6.07) is 0. The zero-order chi connectivity index (χ0) is 14.9. The Morgan fingerprint density at radius 2 is 1.63 bits per heavy atom. The average Bonchev–Trinajstić information content (AvgIpc) is 2.22. The van der Waals surface area contributed by atoms with Gasteiger partial charge in [-0.2, -0.15) is 8.78 Å². The Balaban J connectivity index is 2.52. The molecule has 3 heteroatoms. The zero-order valence-corrected chi connectivity index (χ0v) is 12.9. The van der Waals surface area contributed by atoms with Gasteiger partial charge in [-0.1, -0.05) is 41.5 Å². The number of fused-ring (bicyclic) bond motifs is 1. The van der Waals surface area contributed by atoms with Crippen molar-refractivity contribution in [3.05, 3.63) is 0 Å². The van der Waals surface area contributed by atoms with E-state index in [2.05, 4.69) is 20.8 Å². The van der Waals surface area contributed by atoms with Crippen molar-refractivity contribution < 1.29 is 13.6 Å². The summed E-state index contributed by atoms with van der Waals surface area (Å²) in [5.41, 5.74) is -1.30. The molecule has 0 aromatic rings. The highest BCUT2D eigenvalue weighted by Crippen LogP contribution is 2.65. The van der Waals surface area contributed by atoms with E-state index in [4.69, 9.17) is 0 Å². The molecule has 3 atom stereocenters. The lowest BCUT2D eigenvalue weighted by Crippen LogP contribution is -2.62. The first kappa shape index (κ1) is 14.9. The molecular formula is C16H26F2O. The monoisotopic (exact) mass is 272 g/mol. The van der Waals surface area contributed by atoms with Crippen molar-refractivity contribution in [1.82, 2.24) is 0 Å². The van der Waals surface area contributed by atoms with E-state index in [9.17, 15) is 13.6 Å². The number of alkyl halides is 2.